The zero-order valence-electron chi connectivity index (χ0n) is 9.83. The van der Waals surface area contributed by atoms with Crippen LogP contribution in [0.25, 0.3) is 0 Å². The second-order valence-electron chi connectivity index (χ2n) is 3.96. The highest BCUT2D eigenvalue weighted by atomic mass is 16.6. The van der Waals surface area contributed by atoms with Gasteiger partial charge in [0.25, 0.3) is 0 Å². The molecule has 0 bridgehead atoms. The molecular formula is C12H12N4O2. The van der Waals surface area contributed by atoms with E-state index in [1.54, 1.807) is 6.92 Å². The molecule has 92 valence electrons. The van der Waals surface area contributed by atoms with Crippen molar-refractivity contribution in [3.8, 4) is 11.5 Å². The quantitative estimate of drug-likeness (QED) is 0.813. The molecule has 0 amide bonds. The first-order valence-electron chi connectivity index (χ1n) is 5.59. The summed E-state index contributed by atoms with van der Waals surface area (Å²) in [6, 6.07) is 7.49. The predicted octanol–water partition coefficient (Wildman–Crippen LogP) is 1.27. The number of aromatic nitrogens is 3. The van der Waals surface area contributed by atoms with Crippen LogP contribution in [-0.4, -0.2) is 21.6 Å². The van der Waals surface area contributed by atoms with Gasteiger partial charge in [-0.25, -0.2) is 4.98 Å². The molecule has 1 aromatic carbocycles. The van der Waals surface area contributed by atoms with Gasteiger partial charge >= 0.3 is 0 Å². The van der Waals surface area contributed by atoms with Crippen LogP contribution in [0.1, 0.15) is 17.8 Å². The van der Waals surface area contributed by atoms with Gasteiger partial charge in [0, 0.05) is 0 Å². The Morgan fingerprint density at radius 2 is 1.94 bits per heavy atom. The number of ether oxygens (including phenoxy) is 2. The summed E-state index contributed by atoms with van der Waals surface area (Å²) in [5.74, 6) is 2.67. The van der Waals surface area contributed by atoms with Gasteiger partial charge in [-0.15, -0.1) is 0 Å². The number of fused-ring (bicyclic) bond motifs is 1. The second-order valence-corrected chi connectivity index (χ2v) is 3.96. The van der Waals surface area contributed by atoms with Crippen LogP contribution in [0.15, 0.2) is 24.3 Å². The Hall–Kier alpha value is -2.37. The van der Waals surface area contributed by atoms with E-state index in [0.717, 1.165) is 5.75 Å². The SMILES string of the molecule is Cc1nc(N)nc(C2COc3ccccc3O2)n1. The van der Waals surface area contributed by atoms with Crippen molar-refractivity contribution < 1.29 is 9.47 Å². The number of nitrogens with two attached hydrogens (primary N) is 1. The van der Waals surface area contributed by atoms with Crippen molar-refractivity contribution in [3.05, 3.63) is 35.9 Å². The largest absolute Gasteiger partial charge is 0.485 e. The van der Waals surface area contributed by atoms with Gasteiger partial charge < -0.3 is 15.2 Å². The Morgan fingerprint density at radius 3 is 2.72 bits per heavy atom. The highest BCUT2D eigenvalue weighted by molar-refractivity contribution is 5.41. The Bertz CT molecular complexity index is 568. The van der Waals surface area contributed by atoms with Crippen molar-refractivity contribution in [3.63, 3.8) is 0 Å². The Morgan fingerprint density at radius 1 is 1.17 bits per heavy atom. The summed E-state index contributed by atoms with van der Waals surface area (Å²) in [6.07, 6.45) is -0.358. The first-order valence-corrected chi connectivity index (χ1v) is 5.59. The summed E-state index contributed by atoms with van der Waals surface area (Å²) in [7, 11) is 0. The van der Waals surface area contributed by atoms with Gasteiger partial charge in [0.1, 0.15) is 12.4 Å². The van der Waals surface area contributed by atoms with Gasteiger partial charge in [-0.1, -0.05) is 12.1 Å². The summed E-state index contributed by atoms with van der Waals surface area (Å²) in [5.41, 5.74) is 5.60. The lowest BCUT2D eigenvalue weighted by molar-refractivity contribution is 0.0848. The molecule has 1 atom stereocenters. The summed E-state index contributed by atoms with van der Waals surface area (Å²) < 4.78 is 11.4. The average molecular weight is 244 g/mol. The van der Waals surface area contributed by atoms with E-state index in [-0.39, 0.29) is 12.1 Å². The zero-order chi connectivity index (χ0) is 12.5. The maximum atomic E-state index is 5.79. The fraction of sp³-hybridized carbons (Fsp3) is 0.250. The van der Waals surface area contributed by atoms with Crippen molar-refractivity contribution in [2.24, 2.45) is 0 Å². The second kappa shape index (κ2) is 4.14. The molecule has 2 heterocycles. The maximum absolute atomic E-state index is 5.79. The van der Waals surface area contributed by atoms with E-state index >= 15 is 0 Å². The van der Waals surface area contributed by atoms with E-state index in [0.29, 0.717) is 24.0 Å². The van der Waals surface area contributed by atoms with Gasteiger partial charge in [-0.3, -0.25) is 0 Å². The van der Waals surface area contributed by atoms with E-state index < -0.39 is 0 Å². The third-order valence-electron chi connectivity index (χ3n) is 2.58. The Labute approximate surface area is 104 Å². The molecule has 1 aromatic heterocycles. The van der Waals surface area contributed by atoms with Crippen LogP contribution in [0, 0.1) is 6.92 Å². The zero-order valence-corrected chi connectivity index (χ0v) is 9.83. The Balaban J connectivity index is 1.91. The lowest BCUT2D eigenvalue weighted by atomic mass is 10.2. The highest BCUT2D eigenvalue weighted by Gasteiger charge is 2.25. The highest BCUT2D eigenvalue weighted by Crippen LogP contribution is 2.34. The van der Waals surface area contributed by atoms with E-state index in [9.17, 15) is 0 Å². The molecule has 6 nitrogen and oxygen atoms in total. The third-order valence-corrected chi connectivity index (χ3v) is 2.58. The number of hydrogen-bond donors (Lipinski definition) is 1. The number of benzene rings is 1. The molecule has 1 aliphatic heterocycles. The predicted molar refractivity (Wildman–Crippen MR) is 64.3 cm³/mol. The van der Waals surface area contributed by atoms with E-state index in [2.05, 4.69) is 15.0 Å². The number of aryl methyl sites for hydroxylation is 1. The smallest absolute Gasteiger partial charge is 0.223 e. The minimum absolute atomic E-state index is 0.194. The molecule has 3 rings (SSSR count). The van der Waals surface area contributed by atoms with Crippen molar-refractivity contribution >= 4 is 5.95 Å². The van der Waals surface area contributed by atoms with Crippen LogP contribution in [0.2, 0.25) is 0 Å². The standard InChI is InChI=1S/C12H12N4O2/c1-7-14-11(16-12(13)15-7)10-6-17-8-4-2-3-5-9(8)18-10/h2-5,10H,6H2,1H3,(H2,13,14,15,16). The maximum Gasteiger partial charge on any atom is 0.223 e. The van der Waals surface area contributed by atoms with Gasteiger partial charge in [-0.05, 0) is 19.1 Å². The molecule has 6 heteroatoms. The molecule has 0 saturated heterocycles. The summed E-state index contributed by atoms with van der Waals surface area (Å²) in [4.78, 5) is 12.2. The number of rotatable bonds is 1. The van der Waals surface area contributed by atoms with Gasteiger partial charge in [0.15, 0.2) is 23.4 Å². The number of hydrogen-bond acceptors (Lipinski definition) is 6. The molecule has 0 spiro atoms. The first kappa shape index (κ1) is 10.8. The monoisotopic (exact) mass is 244 g/mol. The first-order chi connectivity index (χ1) is 8.72. The van der Waals surface area contributed by atoms with Crippen LogP contribution >= 0.6 is 0 Å². The summed E-state index contributed by atoms with van der Waals surface area (Å²) in [5, 5.41) is 0. The molecule has 0 fully saturated rings. The molecule has 2 N–H and O–H groups in total. The molecular weight excluding hydrogens is 232 g/mol. The normalized spacial score (nSPS) is 17.5. The minimum Gasteiger partial charge on any atom is -0.485 e. The van der Waals surface area contributed by atoms with Crippen molar-refractivity contribution in [2.45, 2.75) is 13.0 Å². The molecule has 0 radical (unpaired) electrons. The van der Waals surface area contributed by atoms with Crippen LogP contribution in [0.4, 0.5) is 5.95 Å². The third kappa shape index (κ3) is 1.92. The lowest BCUT2D eigenvalue weighted by Crippen LogP contribution is -2.24. The van der Waals surface area contributed by atoms with Crippen molar-refractivity contribution in [2.75, 3.05) is 12.3 Å². The lowest BCUT2D eigenvalue weighted by Gasteiger charge is -2.25. The van der Waals surface area contributed by atoms with E-state index in [4.69, 9.17) is 15.2 Å². The van der Waals surface area contributed by atoms with Crippen molar-refractivity contribution in [1.82, 2.24) is 15.0 Å². The van der Waals surface area contributed by atoms with Crippen LogP contribution in [-0.2, 0) is 0 Å². The molecule has 18 heavy (non-hydrogen) atoms. The fourth-order valence-corrected chi connectivity index (χ4v) is 1.81. The number of para-hydroxylation sites is 2. The fourth-order valence-electron chi connectivity index (χ4n) is 1.81. The van der Waals surface area contributed by atoms with E-state index in [1.165, 1.54) is 0 Å². The van der Waals surface area contributed by atoms with E-state index in [1.807, 2.05) is 24.3 Å². The summed E-state index contributed by atoms with van der Waals surface area (Å²) in [6.45, 7) is 2.12. The number of anilines is 1. The van der Waals surface area contributed by atoms with Crippen molar-refractivity contribution in [1.29, 1.82) is 0 Å². The molecule has 0 aliphatic carbocycles. The van der Waals surface area contributed by atoms with Gasteiger partial charge in [-0.2, -0.15) is 9.97 Å². The average Bonchev–Trinajstić information content (AvgIpc) is 2.37. The summed E-state index contributed by atoms with van der Waals surface area (Å²) >= 11 is 0. The van der Waals surface area contributed by atoms with Crippen LogP contribution in [0.3, 0.4) is 0 Å². The minimum atomic E-state index is -0.358. The van der Waals surface area contributed by atoms with Crippen LogP contribution in [0.5, 0.6) is 11.5 Å². The number of nitrogens with zero attached hydrogens (tertiary/aromatic N) is 3. The molecule has 1 unspecified atom stereocenters. The number of nitrogen functional groups attached to an aromatic ring is 1. The van der Waals surface area contributed by atoms with Gasteiger partial charge in [0.2, 0.25) is 5.95 Å². The molecule has 2 aromatic rings. The molecule has 1 aliphatic rings. The van der Waals surface area contributed by atoms with Gasteiger partial charge in [0.05, 0.1) is 0 Å². The van der Waals surface area contributed by atoms with Crippen LogP contribution < -0.4 is 15.2 Å². The molecule has 0 saturated carbocycles. The topological polar surface area (TPSA) is 83.2 Å². The Kier molecular flexibility index (Phi) is 2.47.